The summed E-state index contributed by atoms with van der Waals surface area (Å²) in [5.41, 5.74) is 2.74. The van der Waals surface area contributed by atoms with Crippen LogP contribution in [0.15, 0.2) is 60.7 Å². The number of rotatable bonds is 2. The van der Waals surface area contributed by atoms with Crippen molar-refractivity contribution in [2.24, 2.45) is 0 Å². The third kappa shape index (κ3) is 2.41. The molecule has 3 heteroatoms. The molecule has 0 aromatic heterocycles. The van der Waals surface area contributed by atoms with Gasteiger partial charge in [-0.3, -0.25) is 0 Å². The first-order valence-electron chi connectivity index (χ1n) is 6.51. The van der Waals surface area contributed by atoms with Crippen LogP contribution in [0.25, 0.3) is 0 Å². The van der Waals surface area contributed by atoms with E-state index >= 15 is 0 Å². The molecule has 2 aromatic rings. The molecule has 2 atom stereocenters. The van der Waals surface area contributed by atoms with E-state index in [2.05, 4.69) is 83.4 Å². The van der Waals surface area contributed by atoms with Crippen LogP contribution >= 0.6 is 12.1 Å². The minimum Gasteiger partial charge on any atom is -0.231 e. The van der Waals surface area contributed by atoms with E-state index in [1.165, 1.54) is 11.1 Å². The van der Waals surface area contributed by atoms with Crippen LogP contribution in [0.2, 0.25) is 0 Å². The highest BCUT2D eigenvalue weighted by Gasteiger charge is 2.39. The Hall–Kier alpha value is -1.29. The molecule has 0 amide bonds. The lowest BCUT2D eigenvalue weighted by Crippen LogP contribution is -2.20. The van der Waals surface area contributed by atoms with Gasteiger partial charge in [-0.1, -0.05) is 60.7 Å². The van der Waals surface area contributed by atoms with Gasteiger partial charge in [0, 0.05) is 12.1 Å². The van der Waals surface area contributed by atoms with Crippen molar-refractivity contribution in [1.29, 1.82) is 0 Å². The van der Waals surface area contributed by atoms with Crippen molar-refractivity contribution < 1.29 is 0 Å². The van der Waals surface area contributed by atoms with Gasteiger partial charge in [-0.2, -0.15) is 0 Å². The van der Waals surface area contributed by atoms with Crippen molar-refractivity contribution in [3.8, 4) is 0 Å². The zero-order valence-electron chi connectivity index (χ0n) is 11.2. The molecule has 0 saturated carbocycles. The first kappa shape index (κ1) is 12.7. The number of likely N-dealkylation sites (N-methyl/N-ethyl adjacent to an activating group) is 2. The minimum absolute atomic E-state index is 0.388. The van der Waals surface area contributed by atoms with E-state index in [-0.39, 0.29) is 0 Å². The van der Waals surface area contributed by atoms with Crippen LogP contribution in [0.3, 0.4) is 0 Å². The molecule has 1 aliphatic heterocycles. The highest BCUT2D eigenvalue weighted by Crippen LogP contribution is 2.49. The standard InChI is InChI=1S/C16H18N2S/c1-17-15(13-9-5-3-6-10-13)16(18(2)19-17)14-11-7-4-8-12-14/h3-12,15-16H,1-2H3/t15-,16-/m0/s1. The van der Waals surface area contributed by atoms with Gasteiger partial charge in [0.1, 0.15) is 0 Å². The van der Waals surface area contributed by atoms with Crippen molar-refractivity contribution in [3.05, 3.63) is 71.8 Å². The van der Waals surface area contributed by atoms with Crippen LogP contribution < -0.4 is 0 Å². The Morgan fingerprint density at radius 1 is 0.684 bits per heavy atom. The molecular formula is C16H18N2S. The van der Waals surface area contributed by atoms with E-state index in [1.54, 1.807) is 12.1 Å². The van der Waals surface area contributed by atoms with Crippen molar-refractivity contribution in [3.63, 3.8) is 0 Å². The fourth-order valence-corrected chi connectivity index (χ4v) is 3.87. The highest BCUT2D eigenvalue weighted by atomic mass is 32.2. The largest absolute Gasteiger partial charge is 0.231 e. The predicted octanol–water partition coefficient (Wildman–Crippen LogP) is 3.91. The second-order valence-electron chi connectivity index (χ2n) is 4.89. The molecule has 19 heavy (non-hydrogen) atoms. The summed E-state index contributed by atoms with van der Waals surface area (Å²) in [6.45, 7) is 0. The maximum Gasteiger partial charge on any atom is 0.0667 e. The van der Waals surface area contributed by atoms with Crippen molar-refractivity contribution in [2.45, 2.75) is 12.1 Å². The zero-order valence-corrected chi connectivity index (χ0v) is 12.0. The molecule has 1 aliphatic rings. The van der Waals surface area contributed by atoms with Gasteiger partial charge in [0.15, 0.2) is 0 Å². The van der Waals surface area contributed by atoms with Crippen LogP contribution in [0.5, 0.6) is 0 Å². The summed E-state index contributed by atoms with van der Waals surface area (Å²) >= 11 is 1.79. The van der Waals surface area contributed by atoms with E-state index < -0.39 is 0 Å². The zero-order chi connectivity index (χ0) is 13.2. The Kier molecular flexibility index (Phi) is 3.60. The Morgan fingerprint density at radius 3 is 1.42 bits per heavy atom. The molecule has 0 unspecified atom stereocenters. The van der Waals surface area contributed by atoms with Gasteiger partial charge in [-0.25, -0.2) is 8.61 Å². The minimum atomic E-state index is 0.388. The molecule has 3 rings (SSSR count). The van der Waals surface area contributed by atoms with E-state index in [0.29, 0.717) is 12.1 Å². The molecule has 0 aliphatic carbocycles. The molecule has 0 N–H and O–H groups in total. The summed E-state index contributed by atoms with van der Waals surface area (Å²) < 4.78 is 4.68. The van der Waals surface area contributed by atoms with Crippen LogP contribution in [-0.4, -0.2) is 22.7 Å². The molecule has 1 saturated heterocycles. The fourth-order valence-electron chi connectivity index (χ4n) is 2.79. The average molecular weight is 270 g/mol. The van der Waals surface area contributed by atoms with Gasteiger partial charge in [0.2, 0.25) is 0 Å². The van der Waals surface area contributed by atoms with Crippen LogP contribution in [0, 0.1) is 0 Å². The van der Waals surface area contributed by atoms with Gasteiger partial charge < -0.3 is 0 Å². The SMILES string of the molecule is CN1SN(C)[C@@H](c2ccccc2)[C@@H]1c1ccccc1. The predicted molar refractivity (Wildman–Crippen MR) is 81.5 cm³/mol. The second kappa shape index (κ2) is 5.37. The Bertz CT molecular complexity index is 479. The Morgan fingerprint density at radius 2 is 1.05 bits per heavy atom. The van der Waals surface area contributed by atoms with E-state index in [0.717, 1.165) is 0 Å². The summed E-state index contributed by atoms with van der Waals surface area (Å²) in [7, 11) is 4.34. The summed E-state index contributed by atoms with van der Waals surface area (Å²) in [5.74, 6) is 0. The molecule has 0 spiro atoms. The van der Waals surface area contributed by atoms with Crippen molar-refractivity contribution in [2.75, 3.05) is 14.1 Å². The molecule has 2 nitrogen and oxygen atoms in total. The lowest BCUT2D eigenvalue weighted by molar-refractivity contribution is 0.316. The topological polar surface area (TPSA) is 6.48 Å². The summed E-state index contributed by atoms with van der Waals surface area (Å²) in [6.07, 6.45) is 0. The molecule has 1 fully saturated rings. The molecule has 0 radical (unpaired) electrons. The summed E-state index contributed by atoms with van der Waals surface area (Å²) in [5, 5.41) is 0. The first-order valence-corrected chi connectivity index (χ1v) is 7.24. The number of nitrogens with zero attached hydrogens (tertiary/aromatic N) is 2. The summed E-state index contributed by atoms with van der Waals surface area (Å²) in [4.78, 5) is 0. The summed E-state index contributed by atoms with van der Waals surface area (Å²) in [6, 6.07) is 22.3. The van der Waals surface area contributed by atoms with Crippen LogP contribution in [0.1, 0.15) is 23.2 Å². The smallest absolute Gasteiger partial charge is 0.0667 e. The number of hydrogen-bond acceptors (Lipinski definition) is 3. The molecule has 1 heterocycles. The Balaban J connectivity index is 2.01. The van der Waals surface area contributed by atoms with E-state index in [1.807, 2.05) is 0 Å². The van der Waals surface area contributed by atoms with E-state index in [4.69, 9.17) is 0 Å². The van der Waals surface area contributed by atoms with Crippen molar-refractivity contribution >= 4 is 12.1 Å². The Labute approximate surface area is 119 Å². The third-order valence-corrected chi connectivity index (χ3v) is 4.59. The van der Waals surface area contributed by atoms with Gasteiger partial charge in [0.25, 0.3) is 0 Å². The normalized spacial score (nSPS) is 24.7. The maximum atomic E-state index is 2.34. The highest BCUT2D eigenvalue weighted by molar-refractivity contribution is 7.94. The fraction of sp³-hybridized carbons (Fsp3) is 0.250. The van der Waals surface area contributed by atoms with Gasteiger partial charge >= 0.3 is 0 Å². The lowest BCUT2D eigenvalue weighted by Gasteiger charge is -2.25. The quantitative estimate of drug-likeness (QED) is 0.764. The van der Waals surface area contributed by atoms with Crippen molar-refractivity contribution in [1.82, 2.24) is 8.61 Å². The number of hydrogen-bond donors (Lipinski definition) is 0. The van der Waals surface area contributed by atoms with Gasteiger partial charge in [-0.15, -0.1) is 0 Å². The number of benzene rings is 2. The molecule has 98 valence electrons. The van der Waals surface area contributed by atoms with Gasteiger partial charge in [-0.05, 0) is 25.2 Å². The van der Waals surface area contributed by atoms with Gasteiger partial charge in [0.05, 0.1) is 12.1 Å². The van der Waals surface area contributed by atoms with Crippen LogP contribution in [-0.2, 0) is 0 Å². The molecule has 2 aromatic carbocycles. The molecule has 0 bridgehead atoms. The third-order valence-electron chi connectivity index (χ3n) is 3.62. The maximum absolute atomic E-state index is 2.34. The monoisotopic (exact) mass is 270 g/mol. The molecular weight excluding hydrogens is 252 g/mol. The first-order chi connectivity index (χ1) is 9.27. The van der Waals surface area contributed by atoms with Crippen LogP contribution in [0.4, 0.5) is 0 Å². The lowest BCUT2D eigenvalue weighted by atomic mass is 9.93. The second-order valence-corrected chi connectivity index (χ2v) is 6.20. The van der Waals surface area contributed by atoms with E-state index in [9.17, 15) is 0 Å². The average Bonchev–Trinajstić information content (AvgIpc) is 2.75.